The summed E-state index contributed by atoms with van der Waals surface area (Å²) in [4.78, 5) is 18.9. The van der Waals surface area contributed by atoms with Crippen molar-refractivity contribution in [1.29, 1.82) is 0 Å². The van der Waals surface area contributed by atoms with Crippen LogP contribution in [0.1, 0.15) is 23.1 Å². The van der Waals surface area contributed by atoms with Crippen molar-refractivity contribution in [1.82, 2.24) is 9.97 Å². The number of esters is 1. The van der Waals surface area contributed by atoms with Gasteiger partial charge in [0.05, 0.1) is 6.61 Å². The van der Waals surface area contributed by atoms with Gasteiger partial charge in [0.2, 0.25) is 0 Å². The number of ether oxygens (including phenoxy) is 1. The Bertz CT molecular complexity index is 488. The van der Waals surface area contributed by atoms with Gasteiger partial charge in [-0.3, -0.25) is 0 Å². The van der Waals surface area contributed by atoms with Crippen LogP contribution in [0.3, 0.4) is 0 Å². The lowest BCUT2D eigenvalue weighted by Crippen LogP contribution is -2.06. The first-order valence-electron chi connectivity index (χ1n) is 4.98. The van der Waals surface area contributed by atoms with Gasteiger partial charge in [0.25, 0.3) is 0 Å². The van der Waals surface area contributed by atoms with Gasteiger partial charge >= 0.3 is 5.97 Å². The van der Waals surface area contributed by atoms with Gasteiger partial charge in [-0.2, -0.15) is 11.3 Å². The third-order valence-electron chi connectivity index (χ3n) is 2.15. The van der Waals surface area contributed by atoms with Gasteiger partial charge in [0.15, 0.2) is 5.69 Å². The molecular weight excluding hydrogens is 224 g/mol. The molecule has 0 fully saturated rings. The highest BCUT2D eigenvalue weighted by atomic mass is 32.1. The van der Waals surface area contributed by atoms with E-state index in [9.17, 15) is 4.79 Å². The van der Waals surface area contributed by atoms with Gasteiger partial charge in [0.1, 0.15) is 5.82 Å². The van der Waals surface area contributed by atoms with E-state index in [1.165, 1.54) is 0 Å². The summed E-state index contributed by atoms with van der Waals surface area (Å²) in [6, 6.07) is 1.96. The lowest BCUT2D eigenvalue weighted by molar-refractivity contribution is 0.0519. The maximum absolute atomic E-state index is 11.5. The molecule has 0 unspecified atom stereocenters. The second-order valence-corrected chi connectivity index (χ2v) is 4.07. The lowest BCUT2D eigenvalue weighted by atomic mass is 10.3. The van der Waals surface area contributed by atoms with Crippen molar-refractivity contribution >= 4 is 17.3 Å². The van der Waals surface area contributed by atoms with Gasteiger partial charge in [-0.1, -0.05) is 0 Å². The first-order chi connectivity index (χ1) is 7.72. The van der Waals surface area contributed by atoms with Crippen LogP contribution in [0.2, 0.25) is 0 Å². The molecular formula is C11H12N2O2S. The standard InChI is InChI=1S/C11H12N2O2S/c1-3-15-11(14)9-7(2)12-10(13-9)8-4-5-16-6-8/h4-6H,3H2,1-2H3,(H,12,13). The molecule has 0 aliphatic carbocycles. The number of hydrogen-bond acceptors (Lipinski definition) is 4. The Hall–Kier alpha value is -1.62. The summed E-state index contributed by atoms with van der Waals surface area (Å²) in [7, 11) is 0. The largest absolute Gasteiger partial charge is 0.461 e. The van der Waals surface area contributed by atoms with Crippen molar-refractivity contribution in [2.75, 3.05) is 6.61 Å². The second kappa shape index (κ2) is 4.49. The van der Waals surface area contributed by atoms with E-state index in [0.717, 1.165) is 11.3 Å². The van der Waals surface area contributed by atoms with E-state index >= 15 is 0 Å². The molecule has 2 rings (SSSR count). The van der Waals surface area contributed by atoms with Crippen LogP contribution >= 0.6 is 11.3 Å². The summed E-state index contributed by atoms with van der Waals surface area (Å²) in [5, 5.41) is 3.95. The minimum absolute atomic E-state index is 0.360. The van der Waals surface area contributed by atoms with Crippen molar-refractivity contribution in [3.63, 3.8) is 0 Å². The van der Waals surface area contributed by atoms with E-state index in [2.05, 4.69) is 9.97 Å². The zero-order valence-electron chi connectivity index (χ0n) is 9.11. The maximum atomic E-state index is 11.5. The summed E-state index contributed by atoms with van der Waals surface area (Å²) in [5.74, 6) is 0.333. The molecule has 5 heteroatoms. The molecule has 1 N–H and O–H groups in total. The minimum atomic E-state index is -0.377. The number of hydrogen-bond donors (Lipinski definition) is 1. The van der Waals surface area contributed by atoms with Gasteiger partial charge in [-0.25, -0.2) is 9.78 Å². The van der Waals surface area contributed by atoms with Crippen molar-refractivity contribution in [2.45, 2.75) is 13.8 Å². The number of aryl methyl sites for hydroxylation is 1. The molecule has 16 heavy (non-hydrogen) atoms. The van der Waals surface area contributed by atoms with Crippen LogP contribution in [0.25, 0.3) is 11.4 Å². The predicted molar refractivity (Wildman–Crippen MR) is 62.6 cm³/mol. The number of H-pyrrole nitrogens is 1. The summed E-state index contributed by atoms with van der Waals surface area (Å²) >= 11 is 1.59. The highest BCUT2D eigenvalue weighted by Gasteiger charge is 2.16. The molecule has 4 nitrogen and oxygen atoms in total. The summed E-state index contributed by atoms with van der Waals surface area (Å²) in [6.45, 7) is 3.95. The average Bonchev–Trinajstić information content (AvgIpc) is 2.86. The molecule has 2 heterocycles. The van der Waals surface area contributed by atoms with Crippen LogP contribution in [0.15, 0.2) is 16.8 Å². The number of thiophene rings is 1. The Labute approximate surface area is 97.3 Å². The molecule has 0 aliphatic rings. The van der Waals surface area contributed by atoms with Crippen molar-refractivity contribution in [3.8, 4) is 11.4 Å². The molecule has 0 saturated carbocycles. The number of carbonyl (C=O) groups excluding carboxylic acids is 1. The summed E-state index contributed by atoms with van der Waals surface area (Å²) in [5.41, 5.74) is 2.09. The summed E-state index contributed by atoms with van der Waals surface area (Å²) < 4.78 is 4.92. The molecule has 0 aromatic carbocycles. The monoisotopic (exact) mass is 236 g/mol. The highest BCUT2D eigenvalue weighted by molar-refractivity contribution is 7.08. The zero-order valence-corrected chi connectivity index (χ0v) is 9.93. The Morgan fingerprint density at radius 1 is 1.62 bits per heavy atom. The van der Waals surface area contributed by atoms with Gasteiger partial charge in [-0.05, 0) is 25.3 Å². The third kappa shape index (κ3) is 1.99. The lowest BCUT2D eigenvalue weighted by Gasteiger charge is -1.97. The van der Waals surface area contributed by atoms with Crippen LogP contribution in [0, 0.1) is 6.92 Å². The normalized spacial score (nSPS) is 10.4. The molecule has 84 valence electrons. The smallest absolute Gasteiger partial charge is 0.358 e. The Morgan fingerprint density at radius 2 is 2.44 bits per heavy atom. The third-order valence-corrected chi connectivity index (χ3v) is 2.83. The Morgan fingerprint density at radius 3 is 3.06 bits per heavy atom. The molecule has 2 aromatic heterocycles. The average molecular weight is 236 g/mol. The van der Waals surface area contributed by atoms with Crippen molar-refractivity contribution in [3.05, 3.63) is 28.2 Å². The fourth-order valence-electron chi connectivity index (χ4n) is 1.39. The fraction of sp³-hybridized carbons (Fsp3) is 0.273. The maximum Gasteiger partial charge on any atom is 0.358 e. The number of aromatic amines is 1. The Kier molecular flexibility index (Phi) is 3.05. The van der Waals surface area contributed by atoms with Gasteiger partial charge < -0.3 is 9.72 Å². The molecule has 0 radical (unpaired) electrons. The number of nitrogens with one attached hydrogen (secondary N) is 1. The fourth-order valence-corrected chi connectivity index (χ4v) is 2.04. The SMILES string of the molecule is CCOC(=O)c1nc(-c2ccsc2)[nH]c1C. The number of carbonyl (C=O) groups is 1. The molecule has 0 atom stereocenters. The molecule has 0 aliphatic heterocycles. The van der Waals surface area contributed by atoms with E-state index in [1.807, 2.05) is 23.8 Å². The van der Waals surface area contributed by atoms with Crippen LogP contribution in [-0.2, 0) is 4.74 Å². The van der Waals surface area contributed by atoms with E-state index in [0.29, 0.717) is 18.1 Å². The Balaban J connectivity index is 2.32. The van der Waals surface area contributed by atoms with Gasteiger partial charge in [-0.15, -0.1) is 0 Å². The van der Waals surface area contributed by atoms with Crippen molar-refractivity contribution < 1.29 is 9.53 Å². The quantitative estimate of drug-likeness (QED) is 0.833. The van der Waals surface area contributed by atoms with Crippen molar-refractivity contribution in [2.24, 2.45) is 0 Å². The van der Waals surface area contributed by atoms with Crippen LogP contribution < -0.4 is 0 Å². The highest BCUT2D eigenvalue weighted by Crippen LogP contribution is 2.20. The molecule has 0 saturated heterocycles. The molecule has 2 aromatic rings. The zero-order chi connectivity index (χ0) is 11.5. The number of aromatic nitrogens is 2. The molecule has 0 bridgehead atoms. The van der Waals surface area contributed by atoms with E-state index in [4.69, 9.17) is 4.74 Å². The van der Waals surface area contributed by atoms with Crippen LogP contribution in [0.5, 0.6) is 0 Å². The molecule has 0 spiro atoms. The molecule has 0 amide bonds. The van der Waals surface area contributed by atoms with Gasteiger partial charge in [0, 0.05) is 16.6 Å². The number of nitrogens with zero attached hydrogens (tertiary/aromatic N) is 1. The van der Waals surface area contributed by atoms with Crippen LogP contribution in [-0.4, -0.2) is 22.5 Å². The van der Waals surface area contributed by atoms with E-state index < -0.39 is 0 Å². The van der Waals surface area contributed by atoms with Crippen LogP contribution in [0.4, 0.5) is 0 Å². The minimum Gasteiger partial charge on any atom is -0.461 e. The number of imidazole rings is 1. The topological polar surface area (TPSA) is 55.0 Å². The first-order valence-corrected chi connectivity index (χ1v) is 5.93. The summed E-state index contributed by atoms with van der Waals surface area (Å²) in [6.07, 6.45) is 0. The first kappa shape index (κ1) is 10.9. The van der Waals surface area contributed by atoms with E-state index in [1.54, 1.807) is 18.3 Å². The predicted octanol–water partition coefficient (Wildman–Crippen LogP) is 2.62. The second-order valence-electron chi connectivity index (χ2n) is 3.29. The van der Waals surface area contributed by atoms with E-state index in [-0.39, 0.29) is 5.97 Å². The number of rotatable bonds is 3.